The minimum Gasteiger partial charge on any atom is -0.497 e. The van der Waals surface area contributed by atoms with Gasteiger partial charge in [-0.3, -0.25) is 9.69 Å². The van der Waals surface area contributed by atoms with Crippen LogP contribution >= 0.6 is 0 Å². The number of aromatic nitrogens is 2. The number of hydrogen-bond acceptors (Lipinski definition) is 5. The van der Waals surface area contributed by atoms with E-state index in [0.29, 0.717) is 30.2 Å². The summed E-state index contributed by atoms with van der Waals surface area (Å²) in [6.07, 6.45) is 0. The molecule has 1 aromatic heterocycles. The lowest BCUT2D eigenvalue weighted by Gasteiger charge is -2.19. The SMILES string of the molecule is COc1ccc([C@@H]2CN(Cc3cc(OC)ccc3F)C[C@H]2c2cc(=O)[nH]c(C)n2)cc1. The minimum atomic E-state index is -0.254. The molecule has 0 amide bonds. The number of hydrogen-bond donors (Lipinski definition) is 1. The van der Waals surface area contributed by atoms with Gasteiger partial charge in [-0.15, -0.1) is 0 Å². The summed E-state index contributed by atoms with van der Waals surface area (Å²) in [7, 11) is 3.21. The quantitative estimate of drug-likeness (QED) is 0.656. The monoisotopic (exact) mass is 423 g/mol. The largest absolute Gasteiger partial charge is 0.497 e. The van der Waals surface area contributed by atoms with E-state index in [9.17, 15) is 9.18 Å². The average molecular weight is 423 g/mol. The highest BCUT2D eigenvalue weighted by atomic mass is 19.1. The first kappa shape index (κ1) is 21.1. The lowest BCUT2D eigenvalue weighted by atomic mass is 9.86. The minimum absolute atomic E-state index is 0.0167. The standard InChI is InChI=1S/C24H26FN3O3/c1-15-26-23(11-24(29)27-15)21-14-28(12-17-10-19(31-3)8-9-22(17)25)13-20(21)16-4-6-18(30-2)7-5-16/h4-11,20-21H,12-14H2,1-3H3,(H,26,27,29)/t20-,21+/m0/s1. The molecule has 0 bridgehead atoms. The second-order valence-electron chi connectivity index (χ2n) is 7.89. The Morgan fingerprint density at radius 2 is 1.71 bits per heavy atom. The van der Waals surface area contributed by atoms with Gasteiger partial charge in [0.2, 0.25) is 0 Å². The smallest absolute Gasteiger partial charge is 0.251 e. The van der Waals surface area contributed by atoms with Crippen molar-refractivity contribution in [3.05, 3.63) is 87.3 Å². The van der Waals surface area contributed by atoms with Gasteiger partial charge in [0.1, 0.15) is 23.1 Å². The van der Waals surface area contributed by atoms with Crippen LogP contribution in [0.1, 0.15) is 34.5 Å². The molecule has 3 aromatic rings. The molecule has 0 unspecified atom stereocenters. The van der Waals surface area contributed by atoms with E-state index in [2.05, 4.69) is 14.9 Å². The van der Waals surface area contributed by atoms with Gasteiger partial charge in [-0.25, -0.2) is 9.37 Å². The van der Waals surface area contributed by atoms with Crippen molar-refractivity contribution in [3.8, 4) is 11.5 Å². The Balaban J connectivity index is 1.66. The van der Waals surface area contributed by atoms with Crippen LogP contribution in [0.25, 0.3) is 0 Å². The number of rotatable bonds is 6. The molecule has 1 aliphatic rings. The first-order valence-corrected chi connectivity index (χ1v) is 10.2. The van der Waals surface area contributed by atoms with E-state index in [1.807, 2.05) is 24.3 Å². The highest BCUT2D eigenvalue weighted by Gasteiger charge is 2.36. The van der Waals surface area contributed by atoms with Crippen molar-refractivity contribution < 1.29 is 13.9 Å². The molecule has 1 fully saturated rings. The second-order valence-corrected chi connectivity index (χ2v) is 7.89. The van der Waals surface area contributed by atoms with E-state index < -0.39 is 0 Å². The third-order valence-electron chi connectivity index (χ3n) is 5.85. The number of ether oxygens (including phenoxy) is 2. The third-order valence-corrected chi connectivity index (χ3v) is 5.85. The van der Waals surface area contributed by atoms with Crippen molar-refractivity contribution in [1.82, 2.24) is 14.9 Å². The summed E-state index contributed by atoms with van der Waals surface area (Å²) in [5.41, 5.74) is 2.33. The Hall–Kier alpha value is -3.19. The third kappa shape index (κ3) is 4.61. The van der Waals surface area contributed by atoms with E-state index in [4.69, 9.17) is 9.47 Å². The fourth-order valence-electron chi connectivity index (χ4n) is 4.34. The molecule has 0 spiro atoms. The molecule has 2 aromatic carbocycles. The Labute approximate surface area is 180 Å². The molecule has 6 nitrogen and oxygen atoms in total. The van der Waals surface area contributed by atoms with E-state index >= 15 is 0 Å². The number of likely N-dealkylation sites (tertiary alicyclic amines) is 1. The maximum absolute atomic E-state index is 14.4. The van der Waals surface area contributed by atoms with Crippen molar-refractivity contribution >= 4 is 0 Å². The molecule has 0 saturated carbocycles. The zero-order chi connectivity index (χ0) is 22.0. The summed E-state index contributed by atoms with van der Waals surface area (Å²) < 4.78 is 25.0. The molecular weight excluding hydrogens is 397 g/mol. The van der Waals surface area contributed by atoms with Crippen molar-refractivity contribution in [3.63, 3.8) is 0 Å². The van der Waals surface area contributed by atoms with Crippen LogP contribution in [-0.2, 0) is 6.54 Å². The summed E-state index contributed by atoms with van der Waals surface area (Å²) in [6.45, 7) is 3.63. The van der Waals surface area contributed by atoms with Crippen LogP contribution in [0, 0.1) is 12.7 Å². The molecule has 31 heavy (non-hydrogen) atoms. The maximum Gasteiger partial charge on any atom is 0.251 e. The number of nitrogens with zero attached hydrogens (tertiary/aromatic N) is 2. The number of halogens is 1. The van der Waals surface area contributed by atoms with Gasteiger partial charge in [0.05, 0.1) is 19.9 Å². The normalized spacial score (nSPS) is 18.8. The van der Waals surface area contributed by atoms with Crippen LogP contribution in [0.2, 0.25) is 0 Å². The summed E-state index contributed by atoms with van der Waals surface area (Å²) in [6, 6.07) is 14.3. The molecule has 4 rings (SSSR count). The Kier molecular flexibility index (Phi) is 6.04. The van der Waals surface area contributed by atoms with Gasteiger partial charge in [-0.1, -0.05) is 12.1 Å². The molecule has 1 saturated heterocycles. The number of benzene rings is 2. The van der Waals surface area contributed by atoms with E-state index in [0.717, 1.165) is 23.6 Å². The number of nitrogens with one attached hydrogen (secondary N) is 1. The molecule has 1 aliphatic heterocycles. The van der Waals surface area contributed by atoms with Crippen LogP contribution in [0.4, 0.5) is 4.39 Å². The van der Waals surface area contributed by atoms with Crippen LogP contribution in [0.3, 0.4) is 0 Å². The molecule has 7 heteroatoms. The predicted octanol–water partition coefficient (Wildman–Crippen LogP) is 3.62. The van der Waals surface area contributed by atoms with Crippen LogP contribution in [-0.4, -0.2) is 42.2 Å². The van der Waals surface area contributed by atoms with E-state index in [1.165, 1.54) is 6.07 Å². The van der Waals surface area contributed by atoms with E-state index in [-0.39, 0.29) is 23.2 Å². The highest BCUT2D eigenvalue weighted by Crippen LogP contribution is 2.40. The number of H-pyrrole nitrogens is 1. The fraction of sp³-hybridized carbons (Fsp3) is 0.333. The van der Waals surface area contributed by atoms with Gasteiger partial charge >= 0.3 is 0 Å². The van der Waals surface area contributed by atoms with Gasteiger partial charge < -0.3 is 14.5 Å². The summed E-state index contributed by atoms with van der Waals surface area (Å²) in [5, 5.41) is 0. The average Bonchev–Trinajstić information content (AvgIpc) is 3.18. The zero-order valence-electron chi connectivity index (χ0n) is 17.9. The summed E-state index contributed by atoms with van der Waals surface area (Å²) >= 11 is 0. The van der Waals surface area contributed by atoms with Gasteiger partial charge in [0.15, 0.2) is 0 Å². The van der Waals surface area contributed by atoms with E-state index in [1.54, 1.807) is 39.3 Å². The topological polar surface area (TPSA) is 67.5 Å². The Morgan fingerprint density at radius 1 is 1.03 bits per heavy atom. The van der Waals surface area contributed by atoms with Crippen molar-refractivity contribution in [1.29, 1.82) is 0 Å². The van der Waals surface area contributed by atoms with Crippen LogP contribution in [0.5, 0.6) is 11.5 Å². The first-order valence-electron chi connectivity index (χ1n) is 10.2. The lowest BCUT2D eigenvalue weighted by molar-refractivity contribution is 0.316. The summed E-state index contributed by atoms with van der Waals surface area (Å²) in [4.78, 5) is 21.6. The maximum atomic E-state index is 14.4. The number of aryl methyl sites for hydroxylation is 1. The molecule has 1 N–H and O–H groups in total. The zero-order valence-corrected chi connectivity index (χ0v) is 17.9. The van der Waals surface area contributed by atoms with Crippen molar-refractivity contribution in [2.45, 2.75) is 25.3 Å². The van der Waals surface area contributed by atoms with Crippen LogP contribution < -0.4 is 15.0 Å². The van der Waals surface area contributed by atoms with Gasteiger partial charge in [-0.05, 0) is 42.8 Å². The van der Waals surface area contributed by atoms with Crippen LogP contribution in [0.15, 0.2) is 53.3 Å². The number of methoxy groups -OCH3 is 2. The molecule has 0 radical (unpaired) electrons. The van der Waals surface area contributed by atoms with Gasteiger partial charge in [0.25, 0.3) is 5.56 Å². The summed E-state index contributed by atoms with van der Waals surface area (Å²) in [5.74, 6) is 1.89. The molecule has 2 heterocycles. The first-order chi connectivity index (χ1) is 15.0. The lowest BCUT2D eigenvalue weighted by Crippen LogP contribution is -2.21. The predicted molar refractivity (Wildman–Crippen MR) is 116 cm³/mol. The van der Waals surface area contributed by atoms with Crippen molar-refractivity contribution in [2.75, 3.05) is 27.3 Å². The Bertz CT molecular complexity index is 1110. The molecule has 162 valence electrons. The van der Waals surface area contributed by atoms with Crippen molar-refractivity contribution in [2.24, 2.45) is 0 Å². The molecule has 2 atom stereocenters. The molecule has 0 aliphatic carbocycles. The highest BCUT2D eigenvalue weighted by molar-refractivity contribution is 5.34. The van der Waals surface area contributed by atoms with Gasteiger partial charge in [-0.2, -0.15) is 0 Å². The van der Waals surface area contributed by atoms with Gasteiger partial charge in [0, 0.05) is 43.1 Å². The fourth-order valence-corrected chi connectivity index (χ4v) is 4.34. The number of aromatic amines is 1. The molecular formula is C24H26FN3O3. The Morgan fingerprint density at radius 3 is 2.39 bits per heavy atom. The second kappa shape index (κ2) is 8.89.